The van der Waals surface area contributed by atoms with Crippen molar-refractivity contribution in [3.05, 3.63) is 100 Å². The highest BCUT2D eigenvalue weighted by Crippen LogP contribution is 2.33. The molecule has 1 saturated heterocycles. The predicted octanol–water partition coefficient (Wildman–Crippen LogP) is 4.39. The van der Waals surface area contributed by atoms with Gasteiger partial charge < -0.3 is 10.6 Å². The molecule has 0 saturated carbocycles. The van der Waals surface area contributed by atoms with E-state index in [-0.39, 0.29) is 13.0 Å². The minimum Gasteiger partial charge on any atom is -0.325 e. The van der Waals surface area contributed by atoms with Crippen molar-refractivity contribution in [1.29, 1.82) is 0 Å². The Hall–Kier alpha value is -3.45. The molecule has 4 amide bonds. The number of aryl methyl sites for hydroxylation is 1. The normalized spacial score (nSPS) is 17.9. The molecule has 3 aromatic rings. The SMILES string of the molecule is Cc1cc(NC(=O)CN2C(=O)N[C@@](Cc3ccccc3)(c3ccccc3)C2=O)ccc1Br. The highest BCUT2D eigenvalue weighted by Gasteiger charge is 2.52. The van der Waals surface area contributed by atoms with Gasteiger partial charge in [-0.25, -0.2) is 4.79 Å². The summed E-state index contributed by atoms with van der Waals surface area (Å²) in [4.78, 5) is 40.1. The van der Waals surface area contributed by atoms with E-state index in [1.165, 1.54) is 0 Å². The van der Waals surface area contributed by atoms with E-state index in [9.17, 15) is 14.4 Å². The Bertz CT molecular complexity index is 1170. The van der Waals surface area contributed by atoms with Gasteiger partial charge in [0.15, 0.2) is 5.54 Å². The number of hydrogen-bond donors (Lipinski definition) is 2. The van der Waals surface area contributed by atoms with Crippen LogP contribution in [-0.2, 0) is 21.5 Å². The van der Waals surface area contributed by atoms with Crippen LogP contribution in [0, 0.1) is 6.92 Å². The number of benzene rings is 3. The smallest absolute Gasteiger partial charge is 0.325 e. The van der Waals surface area contributed by atoms with Crippen LogP contribution in [-0.4, -0.2) is 29.3 Å². The molecule has 6 nitrogen and oxygen atoms in total. The lowest BCUT2D eigenvalue weighted by atomic mass is 9.83. The molecule has 2 N–H and O–H groups in total. The number of halogens is 1. The quantitative estimate of drug-likeness (QED) is 0.502. The molecule has 1 atom stereocenters. The average molecular weight is 492 g/mol. The first-order chi connectivity index (χ1) is 15.4. The van der Waals surface area contributed by atoms with Crippen LogP contribution in [0.15, 0.2) is 83.3 Å². The molecule has 4 rings (SSSR count). The van der Waals surface area contributed by atoms with Crippen molar-refractivity contribution < 1.29 is 14.4 Å². The van der Waals surface area contributed by atoms with Crippen LogP contribution < -0.4 is 10.6 Å². The van der Waals surface area contributed by atoms with Crippen molar-refractivity contribution in [2.45, 2.75) is 18.9 Å². The Morgan fingerprint density at radius 3 is 2.31 bits per heavy atom. The fourth-order valence-electron chi connectivity index (χ4n) is 3.88. The second-order valence-corrected chi connectivity index (χ2v) is 8.62. The summed E-state index contributed by atoms with van der Waals surface area (Å²) in [5.41, 5.74) is 1.87. The van der Waals surface area contributed by atoms with E-state index >= 15 is 0 Å². The summed E-state index contributed by atoms with van der Waals surface area (Å²) in [5.74, 6) is -0.890. The summed E-state index contributed by atoms with van der Waals surface area (Å²) >= 11 is 3.43. The van der Waals surface area contributed by atoms with Gasteiger partial charge in [-0.1, -0.05) is 76.6 Å². The topological polar surface area (TPSA) is 78.5 Å². The van der Waals surface area contributed by atoms with Crippen molar-refractivity contribution in [3.8, 4) is 0 Å². The lowest BCUT2D eigenvalue weighted by Crippen LogP contribution is -2.46. The third-order valence-electron chi connectivity index (χ3n) is 5.50. The Labute approximate surface area is 194 Å². The van der Waals surface area contributed by atoms with Crippen LogP contribution in [0.2, 0.25) is 0 Å². The molecule has 0 unspecified atom stereocenters. The van der Waals surface area contributed by atoms with Crippen LogP contribution in [0.4, 0.5) is 10.5 Å². The zero-order chi connectivity index (χ0) is 22.7. The maximum atomic E-state index is 13.6. The summed E-state index contributed by atoms with van der Waals surface area (Å²) in [7, 11) is 0. The summed E-state index contributed by atoms with van der Waals surface area (Å²) < 4.78 is 0.929. The van der Waals surface area contributed by atoms with Crippen molar-refractivity contribution in [2.75, 3.05) is 11.9 Å². The van der Waals surface area contributed by atoms with Gasteiger partial charge in [0, 0.05) is 16.6 Å². The monoisotopic (exact) mass is 491 g/mol. The van der Waals surface area contributed by atoms with Crippen LogP contribution in [0.25, 0.3) is 0 Å². The van der Waals surface area contributed by atoms with Gasteiger partial charge in [-0.15, -0.1) is 0 Å². The van der Waals surface area contributed by atoms with Gasteiger partial charge in [-0.2, -0.15) is 0 Å². The summed E-state index contributed by atoms with van der Waals surface area (Å²) in [6, 6.07) is 23.5. The molecular weight excluding hydrogens is 470 g/mol. The number of amides is 4. The fraction of sp³-hybridized carbons (Fsp3) is 0.160. The van der Waals surface area contributed by atoms with E-state index < -0.39 is 23.4 Å². The van der Waals surface area contributed by atoms with Crippen LogP contribution >= 0.6 is 15.9 Å². The molecule has 1 aliphatic rings. The number of imide groups is 1. The van der Waals surface area contributed by atoms with Crippen molar-refractivity contribution in [2.24, 2.45) is 0 Å². The molecule has 32 heavy (non-hydrogen) atoms. The predicted molar refractivity (Wildman–Crippen MR) is 126 cm³/mol. The molecule has 162 valence electrons. The number of nitrogens with one attached hydrogen (secondary N) is 2. The van der Waals surface area contributed by atoms with Gasteiger partial charge in [0.05, 0.1) is 0 Å². The van der Waals surface area contributed by atoms with E-state index in [2.05, 4.69) is 26.6 Å². The maximum absolute atomic E-state index is 13.6. The van der Waals surface area contributed by atoms with Crippen LogP contribution in [0.5, 0.6) is 0 Å². The molecule has 0 bridgehead atoms. The molecule has 1 heterocycles. The third-order valence-corrected chi connectivity index (χ3v) is 6.39. The molecule has 0 radical (unpaired) electrons. The average Bonchev–Trinajstić information content (AvgIpc) is 3.02. The van der Waals surface area contributed by atoms with Gasteiger partial charge in [-0.05, 0) is 41.8 Å². The minimum atomic E-state index is -1.27. The second-order valence-electron chi connectivity index (χ2n) is 7.77. The van der Waals surface area contributed by atoms with Crippen molar-refractivity contribution in [1.82, 2.24) is 10.2 Å². The van der Waals surface area contributed by atoms with E-state index in [1.807, 2.05) is 79.7 Å². The number of hydrogen-bond acceptors (Lipinski definition) is 3. The zero-order valence-electron chi connectivity index (χ0n) is 17.5. The van der Waals surface area contributed by atoms with Crippen LogP contribution in [0.3, 0.4) is 0 Å². The largest absolute Gasteiger partial charge is 0.325 e. The second kappa shape index (κ2) is 8.96. The summed E-state index contributed by atoms with van der Waals surface area (Å²) in [6.45, 7) is 1.54. The fourth-order valence-corrected chi connectivity index (χ4v) is 4.13. The summed E-state index contributed by atoms with van der Waals surface area (Å²) in [5, 5.41) is 5.63. The molecule has 0 aromatic heterocycles. The molecular formula is C25H22BrN3O3. The number of urea groups is 1. The van der Waals surface area contributed by atoms with Gasteiger partial charge in [0.25, 0.3) is 5.91 Å². The van der Waals surface area contributed by atoms with Crippen molar-refractivity contribution >= 4 is 39.5 Å². The lowest BCUT2D eigenvalue weighted by molar-refractivity contribution is -0.134. The molecule has 1 aliphatic heterocycles. The number of nitrogens with zero attached hydrogens (tertiary/aromatic N) is 1. The first kappa shape index (κ1) is 21.8. The van der Waals surface area contributed by atoms with E-state index in [4.69, 9.17) is 0 Å². The first-order valence-corrected chi connectivity index (χ1v) is 11.0. The Morgan fingerprint density at radius 1 is 1.00 bits per heavy atom. The zero-order valence-corrected chi connectivity index (χ0v) is 19.1. The molecule has 0 aliphatic carbocycles. The number of anilines is 1. The minimum absolute atomic E-state index is 0.284. The van der Waals surface area contributed by atoms with E-state index in [0.29, 0.717) is 11.3 Å². The van der Waals surface area contributed by atoms with Gasteiger partial charge >= 0.3 is 6.03 Å². The van der Waals surface area contributed by atoms with Gasteiger partial charge in [0.2, 0.25) is 5.91 Å². The number of rotatable bonds is 6. The van der Waals surface area contributed by atoms with Gasteiger partial charge in [0.1, 0.15) is 6.54 Å². The number of carbonyl (C=O) groups is 3. The molecule has 7 heteroatoms. The molecule has 3 aromatic carbocycles. The highest BCUT2D eigenvalue weighted by atomic mass is 79.9. The highest BCUT2D eigenvalue weighted by molar-refractivity contribution is 9.10. The third kappa shape index (κ3) is 4.29. The van der Waals surface area contributed by atoms with E-state index in [1.54, 1.807) is 6.07 Å². The standard InChI is InChI=1S/C25H22BrN3O3/c1-17-14-20(12-13-21(17)26)27-22(30)16-29-23(31)25(28-24(29)32,19-10-6-3-7-11-19)15-18-8-4-2-5-9-18/h2-14H,15-16H2,1H3,(H,27,30)(H,28,32)/t25-/m0/s1. The van der Waals surface area contributed by atoms with Crippen molar-refractivity contribution in [3.63, 3.8) is 0 Å². The number of carbonyl (C=O) groups excluding carboxylic acids is 3. The van der Waals surface area contributed by atoms with Gasteiger partial charge in [-0.3, -0.25) is 14.5 Å². The molecule has 1 fully saturated rings. The Balaban J connectivity index is 1.59. The van der Waals surface area contributed by atoms with E-state index in [0.717, 1.165) is 20.5 Å². The maximum Gasteiger partial charge on any atom is 0.325 e. The Morgan fingerprint density at radius 2 is 1.66 bits per heavy atom. The first-order valence-electron chi connectivity index (χ1n) is 10.2. The molecule has 0 spiro atoms. The Kier molecular flexibility index (Phi) is 6.10. The van der Waals surface area contributed by atoms with Crippen LogP contribution in [0.1, 0.15) is 16.7 Å². The lowest BCUT2D eigenvalue weighted by Gasteiger charge is -2.27. The summed E-state index contributed by atoms with van der Waals surface area (Å²) in [6.07, 6.45) is 0.284.